The zero-order chi connectivity index (χ0) is 19.2. The minimum Gasteiger partial charge on any atom is -0.489 e. The number of nitrogens with one attached hydrogen (secondary N) is 1. The van der Waals surface area contributed by atoms with Crippen molar-refractivity contribution in [2.45, 2.75) is 20.1 Å². The molecule has 3 aromatic carbocycles. The molecule has 0 saturated carbocycles. The Balaban J connectivity index is 1.57. The third-order valence-electron chi connectivity index (χ3n) is 4.10. The van der Waals surface area contributed by atoms with Crippen LogP contribution in [-0.2, 0) is 13.2 Å². The van der Waals surface area contributed by atoms with E-state index in [0.717, 1.165) is 5.56 Å². The summed E-state index contributed by atoms with van der Waals surface area (Å²) >= 11 is 11.5. The number of aryl methyl sites for hydroxylation is 1. The minimum atomic E-state index is -0.374. The average molecular weight is 400 g/mol. The number of rotatable bonds is 6. The lowest BCUT2D eigenvalue weighted by Gasteiger charge is -2.11. The van der Waals surface area contributed by atoms with Crippen LogP contribution < -0.4 is 10.1 Å². The summed E-state index contributed by atoms with van der Waals surface area (Å²) in [5, 5.41) is 3.61. The molecule has 0 bridgehead atoms. The minimum absolute atomic E-state index is 0.0703. The molecular weight excluding hydrogens is 381 g/mol. The molecular formula is C22H19ClFNOS. The van der Waals surface area contributed by atoms with Gasteiger partial charge in [-0.3, -0.25) is 0 Å². The zero-order valence-corrected chi connectivity index (χ0v) is 16.4. The SMILES string of the molecule is Cc1cccc(CNC(=S)c2ccc(OCc3c(F)cccc3Cl)cc2)c1. The van der Waals surface area contributed by atoms with Crippen LogP contribution in [0.3, 0.4) is 0 Å². The Morgan fingerprint density at radius 3 is 2.52 bits per heavy atom. The molecule has 1 N–H and O–H groups in total. The van der Waals surface area contributed by atoms with Gasteiger partial charge < -0.3 is 10.1 Å². The van der Waals surface area contributed by atoms with Crippen LogP contribution >= 0.6 is 23.8 Å². The Hall–Kier alpha value is -2.43. The van der Waals surface area contributed by atoms with Crippen LogP contribution in [0.15, 0.2) is 66.7 Å². The lowest BCUT2D eigenvalue weighted by atomic mass is 10.1. The molecule has 138 valence electrons. The monoisotopic (exact) mass is 399 g/mol. The largest absolute Gasteiger partial charge is 0.489 e. The Morgan fingerprint density at radius 2 is 1.81 bits per heavy atom. The molecule has 0 aliphatic rings. The van der Waals surface area contributed by atoms with Gasteiger partial charge in [-0.05, 0) is 48.9 Å². The smallest absolute Gasteiger partial charge is 0.131 e. The van der Waals surface area contributed by atoms with E-state index in [-0.39, 0.29) is 12.4 Å². The van der Waals surface area contributed by atoms with Crippen LogP contribution in [0.4, 0.5) is 4.39 Å². The molecule has 0 aliphatic heterocycles. The first-order chi connectivity index (χ1) is 13.0. The van der Waals surface area contributed by atoms with E-state index in [2.05, 4.69) is 30.4 Å². The molecule has 0 aromatic heterocycles. The third kappa shape index (κ3) is 5.28. The molecule has 3 aromatic rings. The third-order valence-corrected chi connectivity index (χ3v) is 4.83. The van der Waals surface area contributed by atoms with E-state index in [4.69, 9.17) is 28.6 Å². The van der Waals surface area contributed by atoms with Crippen molar-refractivity contribution in [1.82, 2.24) is 5.32 Å². The normalized spacial score (nSPS) is 10.5. The Kier molecular flexibility index (Phi) is 6.43. The van der Waals surface area contributed by atoms with Gasteiger partial charge in [-0.15, -0.1) is 0 Å². The molecule has 0 unspecified atom stereocenters. The van der Waals surface area contributed by atoms with Crippen LogP contribution in [0.5, 0.6) is 5.75 Å². The average Bonchev–Trinajstić information content (AvgIpc) is 2.66. The van der Waals surface area contributed by atoms with E-state index in [1.165, 1.54) is 17.2 Å². The lowest BCUT2D eigenvalue weighted by Crippen LogP contribution is -2.21. The summed E-state index contributed by atoms with van der Waals surface area (Å²) in [7, 11) is 0. The van der Waals surface area contributed by atoms with Crippen LogP contribution in [0.2, 0.25) is 5.02 Å². The molecule has 0 radical (unpaired) electrons. The van der Waals surface area contributed by atoms with Crippen LogP contribution in [0.25, 0.3) is 0 Å². The lowest BCUT2D eigenvalue weighted by molar-refractivity contribution is 0.300. The van der Waals surface area contributed by atoms with Gasteiger partial charge in [0, 0.05) is 17.7 Å². The molecule has 3 rings (SSSR count). The fourth-order valence-electron chi connectivity index (χ4n) is 2.63. The maximum atomic E-state index is 13.8. The highest BCUT2D eigenvalue weighted by Gasteiger charge is 2.08. The standard InChI is InChI=1S/C22H19ClFNOS/c1-15-4-2-5-16(12-15)13-25-22(27)17-8-10-18(11-9-17)26-14-19-20(23)6-3-7-21(19)24/h2-12H,13-14H2,1H3,(H,25,27). The second-order valence-corrected chi connectivity index (χ2v) is 7.00. The summed E-state index contributed by atoms with van der Waals surface area (Å²) in [5.74, 6) is 0.250. The van der Waals surface area contributed by atoms with Crippen LogP contribution in [0.1, 0.15) is 22.3 Å². The quantitative estimate of drug-likeness (QED) is 0.527. The second-order valence-electron chi connectivity index (χ2n) is 6.18. The van der Waals surface area contributed by atoms with E-state index in [1.807, 2.05) is 30.3 Å². The van der Waals surface area contributed by atoms with Crippen molar-refractivity contribution in [2.24, 2.45) is 0 Å². The predicted molar refractivity (Wildman–Crippen MR) is 112 cm³/mol. The van der Waals surface area contributed by atoms with E-state index in [9.17, 15) is 4.39 Å². The van der Waals surface area contributed by atoms with Gasteiger partial charge in [-0.1, -0.05) is 59.7 Å². The second kappa shape index (κ2) is 8.98. The summed E-state index contributed by atoms with van der Waals surface area (Å²) in [6.45, 7) is 2.81. The highest BCUT2D eigenvalue weighted by Crippen LogP contribution is 2.21. The van der Waals surface area contributed by atoms with Crippen molar-refractivity contribution in [1.29, 1.82) is 0 Å². The van der Waals surface area contributed by atoms with Gasteiger partial charge in [0.05, 0.1) is 5.02 Å². The molecule has 0 aliphatic carbocycles. The fraction of sp³-hybridized carbons (Fsp3) is 0.136. The number of ether oxygens (including phenoxy) is 1. The molecule has 5 heteroatoms. The maximum Gasteiger partial charge on any atom is 0.131 e. The van der Waals surface area contributed by atoms with Gasteiger partial charge in [0.25, 0.3) is 0 Å². The number of thiocarbonyl (C=S) groups is 1. The van der Waals surface area contributed by atoms with E-state index in [0.29, 0.717) is 27.9 Å². The summed E-state index contributed by atoms with van der Waals surface area (Å²) < 4.78 is 19.4. The number of benzene rings is 3. The first-order valence-corrected chi connectivity index (χ1v) is 9.31. The van der Waals surface area contributed by atoms with Gasteiger partial charge in [0.1, 0.15) is 23.2 Å². The maximum absolute atomic E-state index is 13.8. The van der Waals surface area contributed by atoms with Crippen molar-refractivity contribution in [3.05, 3.63) is 99.8 Å². The van der Waals surface area contributed by atoms with Crippen molar-refractivity contribution in [2.75, 3.05) is 0 Å². The van der Waals surface area contributed by atoms with Crippen LogP contribution in [-0.4, -0.2) is 4.99 Å². The van der Waals surface area contributed by atoms with Gasteiger partial charge >= 0.3 is 0 Å². The Morgan fingerprint density at radius 1 is 1.07 bits per heavy atom. The molecule has 0 amide bonds. The predicted octanol–water partition coefficient (Wildman–Crippen LogP) is 5.83. The summed E-state index contributed by atoms with van der Waals surface area (Å²) in [4.78, 5) is 0.667. The summed E-state index contributed by atoms with van der Waals surface area (Å²) in [6, 6.07) is 20.2. The first-order valence-electron chi connectivity index (χ1n) is 8.52. The van der Waals surface area contributed by atoms with Crippen molar-refractivity contribution in [3.63, 3.8) is 0 Å². The molecule has 0 heterocycles. The van der Waals surface area contributed by atoms with Crippen molar-refractivity contribution >= 4 is 28.8 Å². The highest BCUT2D eigenvalue weighted by molar-refractivity contribution is 7.80. The van der Waals surface area contributed by atoms with Gasteiger partial charge in [0.15, 0.2) is 0 Å². The summed E-state index contributed by atoms with van der Waals surface area (Å²) in [5.41, 5.74) is 3.64. The van der Waals surface area contributed by atoms with Crippen molar-refractivity contribution < 1.29 is 9.13 Å². The highest BCUT2D eigenvalue weighted by atomic mass is 35.5. The number of hydrogen-bond acceptors (Lipinski definition) is 2. The topological polar surface area (TPSA) is 21.3 Å². The molecule has 0 fully saturated rings. The van der Waals surface area contributed by atoms with Crippen molar-refractivity contribution in [3.8, 4) is 5.75 Å². The van der Waals surface area contributed by atoms with Gasteiger partial charge in [-0.2, -0.15) is 0 Å². The van der Waals surface area contributed by atoms with E-state index < -0.39 is 0 Å². The fourth-order valence-corrected chi connectivity index (χ4v) is 3.06. The number of hydrogen-bond donors (Lipinski definition) is 1. The molecule has 2 nitrogen and oxygen atoms in total. The van der Waals surface area contributed by atoms with Crippen LogP contribution in [0, 0.1) is 12.7 Å². The molecule has 27 heavy (non-hydrogen) atoms. The molecule has 0 atom stereocenters. The first kappa shape index (κ1) is 19.3. The zero-order valence-electron chi connectivity index (χ0n) is 14.8. The van der Waals surface area contributed by atoms with E-state index >= 15 is 0 Å². The molecule has 0 spiro atoms. The van der Waals surface area contributed by atoms with E-state index in [1.54, 1.807) is 12.1 Å². The Bertz CT molecular complexity index is 923. The van der Waals surface area contributed by atoms with Gasteiger partial charge in [0.2, 0.25) is 0 Å². The van der Waals surface area contributed by atoms with Gasteiger partial charge in [-0.25, -0.2) is 4.39 Å². The molecule has 0 saturated heterocycles. The number of halogens is 2. The summed E-state index contributed by atoms with van der Waals surface area (Å²) in [6.07, 6.45) is 0. The Labute approximate surface area is 168 Å².